The summed E-state index contributed by atoms with van der Waals surface area (Å²) in [5.74, 6) is 0.973. The van der Waals surface area contributed by atoms with E-state index in [0.717, 1.165) is 5.76 Å². The molecule has 3 rings (SSSR count). The van der Waals surface area contributed by atoms with Crippen LogP contribution in [0.25, 0.3) is 0 Å². The summed E-state index contributed by atoms with van der Waals surface area (Å²) in [6.07, 6.45) is 1.88. The molecule has 0 saturated heterocycles. The molecule has 1 aliphatic rings. The van der Waals surface area contributed by atoms with Crippen LogP contribution in [0.3, 0.4) is 0 Å². The number of rotatable bonds is 1. The molecule has 1 aromatic heterocycles. The summed E-state index contributed by atoms with van der Waals surface area (Å²) in [4.78, 5) is 4.46. The molecule has 3 heteroatoms. The fourth-order valence-corrected chi connectivity index (χ4v) is 2.40. The molecule has 0 N–H and O–H groups in total. The van der Waals surface area contributed by atoms with Gasteiger partial charge in [-0.2, -0.15) is 0 Å². The van der Waals surface area contributed by atoms with E-state index in [1.165, 1.54) is 11.4 Å². The van der Waals surface area contributed by atoms with Gasteiger partial charge in [-0.15, -0.1) is 0 Å². The van der Waals surface area contributed by atoms with Crippen molar-refractivity contribution in [1.29, 1.82) is 0 Å². The van der Waals surface area contributed by atoms with Crippen molar-refractivity contribution in [1.82, 2.24) is 0 Å². The Morgan fingerprint density at radius 2 is 1.56 bits per heavy atom. The van der Waals surface area contributed by atoms with Gasteiger partial charge in [0.15, 0.2) is 6.17 Å². The topological polar surface area (TPSA) is 19.6 Å². The summed E-state index contributed by atoms with van der Waals surface area (Å²) in [6.45, 7) is 0. The molecule has 0 atom stereocenters. The third kappa shape index (κ3) is 1.14. The molecule has 0 spiro atoms. The Hall–Kier alpha value is -1.90. The molecule has 0 radical (unpaired) electrons. The zero-order valence-electron chi connectivity index (χ0n) is 9.42. The third-order valence-electron chi connectivity index (χ3n) is 3.17. The van der Waals surface area contributed by atoms with Gasteiger partial charge >= 0.3 is 0 Å². The smallest absolute Gasteiger partial charge is 0.161 e. The number of fused-ring (bicyclic) bond motifs is 1. The van der Waals surface area contributed by atoms with Gasteiger partial charge in [0.05, 0.1) is 17.6 Å². The van der Waals surface area contributed by atoms with Crippen LogP contribution < -0.4 is 9.80 Å². The van der Waals surface area contributed by atoms with Crippen molar-refractivity contribution >= 4 is 11.4 Å². The van der Waals surface area contributed by atoms with Crippen LogP contribution in [0.5, 0.6) is 0 Å². The first-order valence-corrected chi connectivity index (χ1v) is 5.37. The Labute approximate surface area is 94.9 Å². The van der Waals surface area contributed by atoms with Gasteiger partial charge in [-0.1, -0.05) is 12.1 Å². The van der Waals surface area contributed by atoms with Gasteiger partial charge in [0, 0.05) is 14.1 Å². The van der Waals surface area contributed by atoms with Crippen LogP contribution >= 0.6 is 0 Å². The van der Waals surface area contributed by atoms with Gasteiger partial charge in [0.25, 0.3) is 0 Å². The van der Waals surface area contributed by atoms with Crippen LogP contribution in [0.2, 0.25) is 0 Å². The van der Waals surface area contributed by atoms with Gasteiger partial charge in [0.2, 0.25) is 0 Å². The lowest BCUT2D eigenvalue weighted by atomic mass is 10.3. The van der Waals surface area contributed by atoms with E-state index < -0.39 is 0 Å². The predicted octanol–water partition coefficient (Wildman–Crippen LogP) is 2.86. The van der Waals surface area contributed by atoms with Crippen molar-refractivity contribution < 1.29 is 4.42 Å². The number of nitrogens with zero attached hydrogens (tertiary/aromatic N) is 2. The zero-order valence-corrected chi connectivity index (χ0v) is 9.42. The lowest BCUT2D eigenvalue weighted by Gasteiger charge is -2.25. The van der Waals surface area contributed by atoms with Gasteiger partial charge in [0.1, 0.15) is 5.76 Å². The quantitative estimate of drug-likeness (QED) is 0.727. The van der Waals surface area contributed by atoms with Crippen molar-refractivity contribution in [2.24, 2.45) is 0 Å². The van der Waals surface area contributed by atoms with Crippen LogP contribution in [0.1, 0.15) is 11.9 Å². The second kappa shape index (κ2) is 3.30. The molecule has 2 aromatic rings. The molecule has 2 heterocycles. The molecule has 0 bridgehead atoms. The molecular formula is C13H14N2O. The summed E-state index contributed by atoms with van der Waals surface area (Å²) in [6, 6.07) is 12.3. The Kier molecular flexibility index (Phi) is 1.93. The summed E-state index contributed by atoms with van der Waals surface area (Å²) in [5.41, 5.74) is 2.48. The number of para-hydroxylation sites is 2. The fourth-order valence-electron chi connectivity index (χ4n) is 2.40. The molecule has 1 aromatic carbocycles. The van der Waals surface area contributed by atoms with Crippen LogP contribution in [0, 0.1) is 0 Å². The SMILES string of the molecule is CN1c2ccccc2N(C)C1c1ccco1. The van der Waals surface area contributed by atoms with Gasteiger partial charge in [-0.25, -0.2) is 0 Å². The van der Waals surface area contributed by atoms with Crippen LogP contribution in [0.15, 0.2) is 47.1 Å². The van der Waals surface area contributed by atoms with Crippen molar-refractivity contribution in [3.05, 3.63) is 48.4 Å². The Morgan fingerprint density at radius 1 is 0.938 bits per heavy atom. The lowest BCUT2D eigenvalue weighted by molar-refractivity contribution is 0.462. The maximum atomic E-state index is 5.51. The van der Waals surface area contributed by atoms with Crippen molar-refractivity contribution in [3.8, 4) is 0 Å². The third-order valence-corrected chi connectivity index (χ3v) is 3.17. The summed E-state index contributed by atoms with van der Waals surface area (Å²) in [7, 11) is 4.19. The molecule has 3 nitrogen and oxygen atoms in total. The van der Waals surface area contributed by atoms with E-state index in [4.69, 9.17) is 4.42 Å². The summed E-state index contributed by atoms with van der Waals surface area (Å²) in [5, 5.41) is 0. The number of benzene rings is 1. The van der Waals surface area contributed by atoms with Crippen LogP contribution in [0.4, 0.5) is 11.4 Å². The minimum absolute atomic E-state index is 0.160. The fraction of sp³-hybridized carbons (Fsp3) is 0.231. The molecule has 16 heavy (non-hydrogen) atoms. The minimum atomic E-state index is 0.160. The van der Waals surface area contributed by atoms with E-state index in [-0.39, 0.29) is 6.17 Å². The van der Waals surface area contributed by atoms with Gasteiger partial charge in [-0.05, 0) is 24.3 Å². The standard InChI is InChI=1S/C13H14N2O/c1-14-10-6-3-4-7-11(10)15(2)13(14)12-8-5-9-16-12/h3-9,13H,1-2H3. The average molecular weight is 214 g/mol. The highest BCUT2D eigenvalue weighted by Gasteiger charge is 2.33. The molecule has 0 unspecified atom stereocenters. The molecule has 0 aliphatic carbocycles. The maximum absolute atomic E-state index is 5.51. The van der Waals surface area contributed by atoms with Crippen molar-refractivity contribution in [2.45, 2.75) is 6.17 Å². The van der Waals surface area contributed by atoms with Crippen LogP contribution in [-0.4, -0.2) is 14.1 Å². The zero-order chi connectivity index (χ0) is 11.1. The Morgan fingerprint density at radius 3 is 2.06 bits per heavy atom. The van der Waals surface area contributed by atoms with E-state index in [2.05, 4.69) is 48.2 Å². The highest BCUT2D eigenvalue weighted by Crippen LogP contribution is 2.43. The first kappa shape index (κ1) is 9.33. The van der Waals surface area contributed by atoms with E-state index >= 15 is 0 Å². The molecule has 0 fully saturated rings. The second-order valence-electron chi connectivity index (χ2n) is 4.10. The summed E-state index contributed by atoms with van der Waals surface area (Å²) < 4.78 is 5.51. The highest BCUT2D eigenvalue weighted by molar-refractivity contribution is 5.77. The average Bonchev–Trinajstić information content (AvgIpc) is 2.89. The van der Waals surface area contributed by atoms with E-state index in [0.29, 0.717) is 0 Å². The first-order valence-electron chi connectivity index (χ1n) is 5.37. The van der Waals surface area contributed by atoms with E-state index in [1.54, 1.807) is 6.26 Å². The maximum Gasteiger partial charge on any atom is 0.161 e. The lowest BCUT2D eigenvalue weighted by Crippen LogP contribution is -2.30. The van der Waals surface area contributed by atoms with Gasteiger partial charge in [-0.3, -0.25) is 0 Å². The van der Waals surface area contributed by atoms with Crippen molar-refractivity contribution in [2.75, 3.05) is 23.9 Å². The number of furan rings is 1. The molecular weight excluding hydrogens is 200 g/mol. The Bertz CT molecular complexity index is 463. The van der Waals surface area contributed by atoms with Crippen LogP contribution in [-0.2, 0) is 0 Å². The second-order valence-corrected chi connectivity index (χ2v) is 4.10. The number of hydrogen-bond donors (Lipinski definition) is 0. The first-order chi connectivity index (χ1) is 7.79. The number of anilines is 2. The largest absolute Gasteiger partial charge is 0.465 e. The Balaban J connectivity index is 2.08. The molecule has 1 aliphatic heterocycles. The normalized spacial score (nSPS) is 15.6. The molecule has 82 valence electrons. The highest BCUT2D eigenvalue weighted by atomic mass is 16.3. The van der Waals surface area contributed by atoms with Crippen molar-refractivity contribution in [3.63, 3.8) is 0 Å². The summed E-state index contributed by atoms with van der Waals surface area (Å²) >= 11 is 0. The van der Waals surface area contributed by atoms with E-state index in [1.807, 2.05) is 12.1 Å². The van der Waals surface area contributed by atoms with E-state index in [9.17, 15) is 0 Å². The molecule has 0 saturated carbocycles. The minimum Gasteiger partial charge on any atom is -0.465 e. The number of hydrogen-bond acceptors (Lipinski definition) is 3. The monoisotopic (exact) mass is 214 g/mol. The predicted molar refractivity (Wildman–Crippen MR) is 64.7 cm³/mol. The molecule has 0 amide bonds. The van der Waals surface area contributed by atoms with Gasteiger partial charge < -0.3 is 14.2 Å².